The molecule has 0 amide bonds. The molecule has 2 rings (SSSR count). The summed E-state index contributed by atoms with van der Waals surface area (Å²) < 4.78 is 1.59. The topological polar surface area (TPSA) is 78.3 Å². The molecular formula is C12H14N5O2+. The molecule has 98 valence electrons. The smallest absolute Gasteiger partial charge is 0.308 e. The fraction of sp³-hybridized carbons (Fsp3) is 0.167. The molecule has 0 fully saturated rings. The molecule has 7 nitrogen and oxygen atoms in total. The summed E-state index contributed by atoms with van der Waals surface area (Å²) in [6.07, 6.45) is 2.95. The van der Waals surface area contributed by atoms with Crippen molar-refractivity contribution in [1.82, 2.24) is 14.8 Å². The van der Waals surface area contributed by atoms with Gasteiger partial charge in [-0.3, -0.25) is 14.7 Å². The van der Waals surface area contributed by atoms with Crippen molar-refractivity contribution in [2.45, 2.75) is 0 Å². The Hall–Kier alpha value is -2.54. The van der Waals surface area contributed by atoms with Crippen LogP contribution >= 0.6 is 0 Å². The molecule has 1 aromatic carbocycles. The summed E-state index contributed by atoms with van der Waals surface area (Å²) in [4.78, 5) is 11.5. The van der Waals surface area contributed by atoms with E-state index in [2.05, 4.69) is 10.2 Å². The number of nitro groups is 1. The standard InChI is InChI=1S/C12H13N5O2/c1-15(2)8-11(17(18)19)12-14-13-9-16(12)10-6-4-3-5-7-10/h3-9H,1-2H3/p+1/b11-8+. The number of hydrogen-bond acceptors (Lipinski definition) is 4. The molecule has 0 saturated heterocycles. The predicted molar refractivity (Wildman–Crippen MR) is 69.1 cm³/mol. The maximum atomic E-state index is 11.2. The van der Waals surface area contributed by atoms with Crippen molar-refractivity contribution in [3.63, 3.8) is 0 Å². The van der Waals surface area contributed by atoms with Gasteiger partial charge in [-0.05, 0) is 12.1 Å². The first kappa shape index (κ1) is 12.9. The number of quaternary nitrogens is 1. The highest BCUT2D eigenvalue weighted by molar-refractivity contribution is 5.52. The lowest BCUT2D eigenvalue weighted by Crippen LogP contribution is -3.00. The fourth-order valence-electron chi connectivity index (χ4n) is 1.66. The van der Waals surface area contributed by atoms with Crippen molar-refractivity contribution in [2.24, 2.45) is 0 Å². The molecule has 0 atom stereocenters. The molecule has 0 aliphatic heterocycles. The maximum absolute atomic E-state index is 11.2. The van der Waals surface area contributed by atoms with E-state index >= 15 is 0 Å². The molecule has 2 aromatic rings. The van der Waals surface area contributed by atoms with Crippen molar-refractivity contribution in [2.75, 3.05) is 14.1 Å². The summed E-state index contributed by atoms with van der Waals surface area (Å²) in [6, 6.07) is 9.26. The van der Waals surface area contributed by atoms with E-state index in [0.717, 1.165) is 10.6 Å². The van der Waals surface area contributed by atoms with Crippen LogP contribution in [0.1, 0.15) is 5.82 Å². The molecule has 0 bridgehead atoms. The average Bonchev–Trinajstić information content (AvgIpc) is 2.85. The zero-order chi connectivity index (χ0) is 13.8. The van der Waals surface area contributed by atoms with Crippen LogP contribution in [0.3, 0.4) is 0 Å². The van der Waals surface area contributed by atoms with Gasteiger partial charge >= 0.3 is 5.70 Å². The van der Waals surface area contributed by atoms with Crippen LogP contribution in [0.25, 0.3) is 11.4 Å². The summed E-state index contributed by atoms with van der Waals surface area (Å²) in [7, 11) is 3.60. The van der Waals surface area contributed by atoms with Gasteiger partial charge in [-0.25, -0.2) is 0 Å². The van der Waals surface area contributed by atoms with E-state index in [-0.39, 0.29) is 11.5 Å². The second kappa shape index (κ2) is 5.40. The lowest BCUT2D eigenvalue weighted by Gasteiger charge is -2.05. The zero-order valence-electron chi connectivity index (χ0n) is 10.6. The number of nitrogens with zero attached hydrogens (tertiary/aromatic N) is 4. The Morgan fingerprint density at radius 3 is 2.63 bits per heavy atom. The van der Waals surface area contributed by atoms with Gasteiger partial charge in [-0.15, -0.1) is 10.2 Å². The molecule has 0 aliphatic rings. The number of rotatable bonds is 4. The molecule has 0 spiro atoms. The van der Waals surface area contributed by atoms with Gasteiger partial charge in [0.05, 0.1) is 19.0 Å². The largest absolute Gasteiger partial charge is 0.366 e. The highest BCUT2D eigenvalue weighted by Gasteiger charge is 2.24. The minimum atomic E-state index is -0.448. The van der Waals surface area contributed by atoms with Crippen LogP contribution in [-0.2, 0) is 0 Å². The molecule has 1 heterocycles. The van der Waals surface area contributed by atoms with Crippen LogP contribution in [0.15, 0.2) is 42.9 Å². The lowest BCUT2D eigenvalue weighted by atomic mass is 10.3. The first-order valence-corrected chi connectivity index (χ1v) is 5.71. The molecule has 19 heavy (non-hydrogen) atoms. The van der Waals surface area contributed by atoms with Gasteiger partial charge in [0.25, 0.3) is 0 Å². The summed E-state index contributed by atoms with van der Waals surface area (Å²) in [5, 5.41) is 18.8. The molecule has 0 aliphatic carbocycles. The van der Waals surface area contributed by atoms with Crippen molar-refractivity contribution in [1.29, 1.82) is 0 Å². The van der Waals surface area contributed by atoms with E-state index < -0.39 is 4.92 Å². The summed E-state index contributed by atoms with van der Waals surface area (Å²) >= 11 is 0. The van der Waals surface area contributed by atoms with Crippen molar-refractivity contribution in [3.05, 3.63) is 58.8 Å². The van der Waals surface area contributed by atoms with Crippen molar-refractivity contribution < 1.29 is 9.82 Å². The number of benzene rings is 1. The van der Waals surface area contributed by atoms with Crippen LogP contribution < -0.4 is 4.90 Å². The first-order valence-electron chi connectivity index (χ1n) is 5.71. The molecular weight excluding hydrogens is 246 g/mol. The zero-order valence-corrected chi connectivity index (χ0v) is 10.6. The number of hydrogen-bond donors (Lipinski definition) is 1. The van der Waals surface area contributed by atoms with E-state index in [1.807, 2.05) is 30.3 Å². The molecule has 0 unspecified atom stereocenters. The Balaban J connectivity index is 2.52. The summed E-state index contributed by atoms with van der Waals surface area (Å²) in [5.41, 5.74) is 0.713. The predicted octanol–water partition coefficient (Wildman–Crippen LogP) is -0.0131. The third-order valence-corrected chi connectivity index (χ3v) is 2.43. The van der Waals surface area contributed by atoms with E-state index in [0.29, 0.717) is 0 Å². The van der Waals surface area contributed by atoms with E-state index in [1.165, 1.54) is 12.5 Å². The highest BCUT2D eigenvalue weighted by Crippen LogP contribution is 2.15. The van der Waals surface area contributed by atoms with Crippen molar-refractivity contribution >= 4 is 5.70 Å². The Kier molecular flexibility index (Phi) is 3.67. The van der Waals surface area contributed by atoms with Gasteiger partial charge < -0.3 is 4.90 Å². The number of nitrogens with one attached hydrogen (secondary N) is 1. The molecule has 1 N–H and O–H groups in total. The van der Waals surface area contributed by atoms with Crippen LogP contribution in [0.4, 0.5) is 0 Å². The molecule has 7 heteroatoms. The van der Waals surface area contributed by atoms with Crippen LogP contribution in [0.5, 0.6) is 0 Å². The second-order valence-corrected chi connectivity index (χ2v) is 4.22. The van der Waals surface area contributed by atoms with E-state index in [9.17, 15) is 10.1 Å². The molecule has 1 aromatic heterocycles. The van der Waals surface area contributed by atoms with Crippen LogP contribution in [0, 0.1) is 10.1 Å². The average molecular weight is 260 g/mol. The van der Waals surface area contributed by atoms with E-state index in [1.54, 1.807) is 18.7 Å². The van der Waals surface area contributed by atoms with Crippen LogP contribution in [-0.4, -0.2) is 33.8 Å². The minimum absolute atomic E-state index is 0.0682. The fourth-order valence-corrected chi connectivity index (χ4v) is 1.66. The van der Waals surface area contributed by atoms with Crippen molar-refractivity contribution in [3.8, 4) is 5.69 Å². The first-order chi connectivity index (χ1) is 9.09. The Bertz CT molecular complexity index is 604. The Morgan fingerprint density at radius 2 is 2.05 bits per heavy atom. The van der Waals surface area contributed by atoms with Gasteiger partial charge in [0, 0.05) is 5.69 Å². The Labute approximate surface area is 109 Å². The maximum Gasteiger partial charge on any atom is 0.366 e. The SMILES string of the molecule is C[NH+](C)/C=C(\c1nncn1-c1ccccc1)[N+](=O)[O-]. The minimum Gasteiger partial charge on any atom is -0.308 e. The molecule has 0 saturated carbocycles. The quantitative estimate of drug-likeness (QED) is 0.619. The van der Waals surface area contributed by atoms with E-state index in [4.69, 9.17) is 0 Å². The highest BCUT2D eigenvalue weighted by atomic mass is 16.6. The third-order valence-electron chi connectivity index (χ3n) is 2.43. The summed E-state index contributed by atoms with van der Waals surface area (Å²) in [5.74, 6) is 0.220. The van der Waals surface area contributed by atoms with Crippen LogP contribution in [0.2, 0.25) is 0 Å². The van der Waals surface area contributed by atoms with Gasteiger partial charge in [0.1, 0.15) is 6.33 Å². The number of aromatic nitrogens is 3. The van der Waals surface area contributed by atoms with Gasteiger partial charge in [0.2, 0.25) is 5.82 Å². The second-order valence-electron chi connectivity index (χ2n) is 4.22. The monoisotopic (exact) mass is 260 g/mol. The number of para-hydroxylation sites is 1. The molecule has 0 radical (unpaired) electrons. The lowest BCUT2D eigenvalue weighted by molar-refractivity contribution is -0.802. The summed E-state index contributed by atoms with van der Waals surface area (Å²) in [6.45, 7) is 0. The third kappa shape index (κ3) is 2.83. The van der Waals surface area contributed by atoms with Gasteiger partial charge in [0.15, 0.2) is 6.20 Å². The van der Waals surface area contributed by atoms with Gasteiger partial charge in [-0.1, -0.05) is 18.2 Å². The van der Waals surface area contributed by atoms with Gasteiger partial charge in [-0.2, -0.15) is 0 Å². The Morgan fingerprint density at radius 1 is 1.37 bits per heavy atom. The normalized spacial score (nSPS) is 11.8.